The summed E-state index contributed by atoms with van der Waals surface area (Å²) in [4.78, 5) is 28.4. The summed E-state index contributed by atoms with van der Waals surface area (Å²) in [6, 6.07) is 16.8. The first-order chi connectivity index (χ1) is 21.3. The average molecular weight is 654 g/mol. The molecule has 5 rings (SSSR count). The van der Waals surface area contributed by atoms with Crippen molar-refractivity contribution in [1.82, 2.24) is 10.2 Å². The highest BCUT2D eigenvalue weighted by Gasteiger charge is 2.48. The first-order valence-corrected chi connectivity index (χ1v) is 16.1. The van der Waals surface area contributed by atoms with Gasteiger partial charge in [-0.3, -0.25) is 14.5 Å². The molecule has 1 aliphatic heterocycles. The second kappa shape index (κ2) is 14.2. The number of rotatable bonds is 12. The standard InChI is InChI=1S/C32H29ClFN3O5S2/c1-3-4-7-16-42-24-15-12-20(17-25(24)41-2)27-26(28(38)19-10-13-22(33)14-11-19)29(39)30(40)37(27)31-35-36-32(44-31)43-18-21-8-5-6-9-23(21)34/h5-6,8-15,17,27,38H,3-4,7,16,18H2,1-2H3/b28-26-. The molecule has 1 saturated heterocycles. The number of hydrogen-bond donors (Lipinski definition) is 1. The number of carbonyl (C=O) groups excluding carboxylic acids is 2. The van der Waals surface area contributed by atoms with E-state index in [4.69, 9.17) is 21.1 Å². The fraction of sp³-hybridized carbons (Fsp3) is 0.250. The number of anilines is 1. The maximum atomic E-state index is 14.2. The fourth-order valence-electron chi connectivity index (χ4n) is 4.73. The van der Waals surface area contributed by atoms with Gasteiger partial charge in [-0.25, -0.2) is 4.39 Å². The molecule has 12 heteroatoms. The monoisotopic (exact) mass is 653 g/mol. The van der Waals surface area contributed by atoms with E-state index in [1.54, 1.807) is 60.7 Å². The van der Waals surface area contributed by atoms with E-state index in [1.807, 2.05) is 0 Å². The van der Waals surface area contributed by atoms with Crippen LogP contribution < -0.4 is 14.4 Å². The number of nitrogens with zero attached hydrogens (tertiary/aromatic N) is 3. The van der Waals surface area contributed by atoms with Gasteiger partial charge >= 0.3 is 5.91 Å². The zero-order chi connectivity index (χ0) is 31.2. The zero-order valence-electron chi connectivity index (χ0n) is 24.0. The Bertz CT molecular complexity index is 1700. The van der Waals surface area contributed by atoms with E-state index in [-0.39, 0.29) is 22.3 Å². The third-order valence-electron chi connectivity index (χ3n) is 6.98. The van der Waals surface area contributed by atoms with Crippen LogP contribution in [0.4, 0.5) is 9.52 Å². The van der Waals surface area contributed by atoms with Crippen molar-refractivity contribution in [2.75, 3.05) is 18.6 Å². The normalized spacial score (nSPS) is 16.0. The SMILES string of the molecule is CCCCCOc1ccc(C2/C(=C(/O)c3ccc(Cl)cc3)C(=O)C(=O)N2c2nnc(SCc3ccccc3F)s2)cc1OC. The number of halogens is 2. The van der Waals surface area contributed by atoms with Crippen LogP contribution in [0.2, 0.25) is 5.02 Å². The van der Waals surface area contributed by atoms with Gasteiger partial charge in [0.15, 0.2) is 15.8 Å². The molecule has 1 fully saturated rings. The topological polar surface area (TPSA) is 102 Å². The van der Waals surface area contributed by atoms with Crippen molar-refractivity contribution in [3.63, 3.8) is 0 Å². The lowest BCUT2D eigenvalue weighted by Gasteiger charge is -2.23. The second-order valence-electron chi connectivity index (χ2n) is 9.87. The number of methoxy groups -OCH3 is 1. The van der Waals surface area contributed by atoms with Crippen molar-refractivity contribution in [1.29, 1.82) is 0 Å². The number of Topliss-reactive ketones (excluding diaryl/α,β-unsaturated/α-hetero) is 1. The van der Waals surface area contributed by atoms with Crippen LogP contribution in [0.3, 0.4) is 0 Å². The summed E-state index contributed by atoms with van der Waals surface area (Å²) in [5, 5.41) is 20.4. The number of unbranched alkanes of at least 4 members (excludes halogenated alkanes) is 2. The van der Waals surface area contributed by atoms with Crippen LogP contribution in [-0.4, -0.2) is 40.7 Å². The molecule has 1 aliphatic rings. The third kappa shape index (κ3) is 6.74. The summed E-state index contributed by atoms with van der Waals surface area (Å²) in [5.74, 6) is -1.20. The van der Waals surface area contributed by atoms with E-state index >= 15 is 0 Å². The van der Waals surface area contributed by atoms with Crippen LogP contribution >= 0.6 is 34.7 Å². The Hall–Kier alpha value is -3.93. The van der Waals surface area contributed by atoms with E-state index in [1.165, 1.54) is 29.8 Å². The van der Waals surface area contributed by atoms with Gasteiger partial charge in [-0.2, -0.15) is 0 Å². The van der Waals surface area contributed by atoms with Crippen LogP contribution in [0.5, 0.6) is 11.5 Å². The van der Waals surface area contributed by atoms with E-state index in [0.717, 1.165) is 30.6 Å². The number of carbonyl (C=O) groups is 2. The molecule has 0 bridgehead atoms. The number of aliphatic hydroxyl groups is 1. The Morgan fingerprint density at radius 2 is 1.84 bits per heavy atom. The maximum Gasteiger partial charge on any atom is 0.301 e. The number of amides is 1. The lowest BCUT2D eigenvalue weighted by atomic mass is 9.95. The predicted octanol–water partition coefficient (Wildman–Crippen LogP) is 7.83. The van der Waals surface area contributed by atoms with Gasteiger partial charge in [0.25, 0.3) is 5.78 Å². The van der Waals surface area contributed by atoms with E-state index in [2.05, 4.69) is 17.1 Å². The van der Waals surface area contributed by atoms with Crippen LogP contribution in [0.1, 0.15) is 48.9 Å². The zero-order valence-corrected chi connectivity index (χ0v) is 26.3. The summed E-state index contributed by atoms with van der Waals surface area (Å²) in [6.45, 7) is 2.62. The molecule has 0 saturated carbocycles. The quantitative estimate of drug-likeness (QED) is 0.0412. The number of thioether (sulfide) groups is 1. The number of aromatic nitrogens is 2. The molecule has 1 unspecified atom stereocenters. The molecule has 1 N–H and O–H groups in total. The van der Waals surface area contributed by atoms with Crippen LogP contribution in [-0.2, 0) is 15.3 Å². The van der Waals surface area contributed by atoms with Gasteiger partial charge in [0.05, 0.1) is 25.3 Å². The van der Waals surface area contributed by atoms with Crippen LogP contribution in [0.15, 0.2) is 76.6 Å². The molecular weight excluding hydrogens is 625 g/mol. The molecule has 228 valence electrons. The first kappa shape index (κ1) is 31.5. The molecule has 1 atom stereocenters. The van der Waals surface area contributed by atoms with Crippen LogP contribution in [0.25, 0.3) is 5.76 Å². The Labute approximate surface area is 267 Å². The predicted molar refractivity (Wildman–Crippen MR) is 170 cm³/mol. The van der Waals surface area contributed by atoms with E-state index in [9.17, 15) is 19.1 Å². The molecule has 3 aromatic carbocycles. The van der Waals surface area contributed by atoms with Crippen molar-refractivity contribution in [3.05, 3.63) is 99.8 Å². The Kier molecular flexibility index (Phi) is 10.2. The summed E-state index contributed by atoms with van der Waals surface area (Å²) in [6.07, 6.45) is 2.97. The van der Waals surface area contributed by atoms with Gasteiger partial charge in [-0.1, -0.05) is 78.7 Å². The van der Waals surface area contributed by atoms with Crippen molar-refractivity contribution in [2.45, 2.75) is 42.3 Å². The molecule has 44 heavy (non-hydrogen) atoms. The van der Waals surface area contributed by atoms with E-state index in [0.29, 0.717) is 49.9 Å². The number of hydrogen-bond acceptors (Lipinski definition) is 9. The summed E-state index contributed by atoms with van der Waals surface area (Å²) < 4.78 is 26.2. The smallest absolute Gasteiger partial charge is 0.301 e. The number of ketones is 1. The minimum absolute atomic E-state index is 0.119. The number of aliphatic hydroxyl groups excluding tert-OH is 1. The van der Waals surface area contributed by atoms with Gasteiger partial charge in [0, 0.05) is 16.3 Å². The highest BCUT2D eigenvalue weighted by molar-refractivity contribution is 8.00. The van der Waals surface area contributed by atoms with Crippen LogP contribution in [0, 0.1) is 5.82 Å². The minimum Gasteiger partial charge on any atom is -0.507 e. The molecule has 4 aromatic rings. The lowest BCUT2D eigenvalue weighted by Crippen LogP contribution is -2.29. The highest BCUT2D eigenvalue weighted by atomic mass is 35.5. The molecule has 8 nitrogen and oxygen atoms in total. The second-order valence-corrected chi connectivity index (χ2v) is 12.5. The van der Waals surface area contributed by atoms with Crippen molar-refractivity contribution in [3.8, 4) is 11.5 Å². The lowest BCUT2D eigenvalue weighted by molar-refractivity contribution is -0.132. The Balaban J connectivity index is 1.54. The minimum atomic E-state index is -1.05. The highest BCUT2D eigenvalue weighted by Crippen LogP contribution is 2.45. The number of ether oxygens (including phenoxy) is 2. The first-order valence-electron chi connectivity index (χ1n) is 13.9. The average Bonchev–Trinajstić information content (AvgIpc) is 3.60. The summed E-state index contributed by atoms with van der Waals surface area (Å²) in [7, 11) is 1.51. The van der Waals surface area contributed by atoms with Gasteiger partial charge in [0.2, 0.25) is 5.13 Å². The Morgan fingerprint density at radius 3 is 2.57 bits per heavy atom. The van der Waals surface area contributed by atoms with Crippen molar-refractivity contribution < 1.29 is 28.6 Å². The van der Waals surface area contributed by atoms with Crippen molar-refractivity contribution >= 4 is 57.3 Å². The Morgan fingerprint density at radius 1 is 1.07 bits per heavy atom. The molecular formula is C32H29ClFN3O5S2. The third-order valence-corrected chi connectivity index (χ3v) is 9.34. The van der Waals surface area contributed by atoms with Crippen molar-refractivity contribution in [2.24, 2.45) is 0 Å². The van der Waals surface area contributed by atoms with Gasteiger partial charge in [0.1, 0.15) is 11.6 Å². The van der Waals surface area contributed by atoms with E-state index < -0.39 is 17.7 Å². The number of benzene rings is 3. The van der Waals surface area contributed by atoms with Gasteiger partial charge in [-0.15, -0.1) is 10.2 Å². The summed E-state index contributed by atoms with van der Waals surface area (Å²) in [5.41, 5.74) is 1.19. The molecule has 0 aliphatic carbocycles. The summed E-state index contributed by atoms with van der Waals surface area (Å²) >= 11 is 8.40. The molecule has 2 heterocycles. The van der Waals surface area contributed by atoms with Gasteiger partial charge < -0.3 is 14.6 Å². The largest absolute Gasteiger partial charge is 0.507 e. The molecule has 0 spiro atoms. The van der Waals surface area contributed by atoms with Gasteiger partial charge in [-0.05, 0) is 60.0 Å². The molecule has 1 aromatic heterocycles. The molecule has 1 amide bonds. The fourth-order valence-corrected chi connectivity index (χ4v) is 6.71. The maximum absolute atomic E-state index is 14.2. The molecule has 0 radical (unpaired) electrons.